The summed E-state index contributed by atoms with van der Waals surface area (Å²) < 4.78 is 7.56. The second-order valence-electron chi connectivity index (χ2n) is 7.96. The molecule has 0 spiro atoms. The summed E-state index contributed by atoms with van der Waals surface area (Å²) in [6.07, 6.45) is 2.01. The van der Waals surface area contributed by atoms with Crippen LogP contribution in [0.15, 0.2) is 54.6 Å². The molecule has 1 aliphatic heterocycles. The maximum Gasteiger partial charge on any atom is 0.322 e. The van der Waals surface area contributed by atoms with Gasteiger partial charge in [-0.05, 0) is 60.0 Å². The van der Waals surface area contributed by atoms with Crippen LogP contribution in [-0.4, -0.2) is 50.2 Å². The highest BCUT2D eigenvalue weighted by molar-refractivity contribution is 5.90. The lowest BCUT2D eigenvalue weighted by molar-refractivity contribution is 0.0820. The van der Waals surface area contributed by atoms with E-state index in [2.05, 4.69) is 45.1 Å². The lowest BCUT2D eigenvalue weighted by Crippen LogP contribution is -2.39. The number of carbonyl (C=O) groups excluding carboxylic acids is 1. The van der Waals surface area contributed by atoms with Crippen molar-refractivity contribution in [1.29, 1.82) is 0 Å². The molecular weight excluding hydrogens is 392 g/mol. The van der Waals surface area contributed by atoms with Gasteiger partial charge in [0.1, 0.15) is 0 Å². The summed E-state index contributed by atoms with van der Waals surface area (Å²) in [7, 11) is 0. The molecule has 1 fully saturated rings. The van der Waals surface area contributed by atoms with E-state index in [0.29, 0.717) is 18.7 Å². The summed E-state index contributed by atoms with van der Waals surface area (Å²) in [6, 6.07) is 17.6. The Bertz CT molecular complexity index is 1220. The van der Waals surface area contributed by atoms with Crippen LogP contribution in [-0.2, 0) is 11.3 Å². The van der Waals surface area contributed by atoms with Crippen molar-refractivity contribution in [2.75, 3.05) is 18.5 Å². The van der Waals surface area contributed by atoms with Gasteiger partial charge in [-0.25, -0.2) is 4.79 Å². The zero-order valence-electron chi connectivity index (χ0n) is 17.4. The van der Waals surface area contributed by atoms with Crippen LogP contribution in [0.3, 0.4) is 0 Å². The zero-order valence-corrected chi connectivity index (χ0v) is 17.4. The SMILES string of the molecule is Cc1ccc2cc(CN(CC3CCCO3)C(=O)Nc3ccccc3)c3nnnn3c2c1. The van der Waals surface area contributed by atoms with Gasteiger partial charge in [-0.15, -0.1) is 5.10 Å². The summed E-state index contributed by atoms with van der Waals surface area (Å²) in [6.45, 7) is 3.68. The van der Waals surface area contributed by atoms with Gasteiger partial charge in [0, 0.05) is 29.8 Å². The molecule has 0 saturated carbocycles. The number of tetrazole rings is 1. The Balaban J connectivity index is 1.49. The van der Waals surface area contributed by atoms with E-state index in [-0.39, 0.29) is 12.1 Å². The number of carbonyl (C=O) groups is 1. The lowest BCUT2D eigenvalue weighted by Gasteiger charge is -2.26. The number of hydrogen-bond acceptors (Lipinski definition) is 5. The molecule has 1 atom stereocenters. The number of nitrogens with zero attached hydrogens (tertiary/aromatic N) is 5. The number of aryl methyl sites for hydroxylation is 1. The van der Waals surface area contributed by atoms with Crippen molar-refractivity contribution in [3.8, 4) is 0 Å². The van der Waals surface area contributed by atoms with E-state index in [1.54, 1.807) is 9.42 Å². The van der Waals surface area contributed by atoms with Gasteiger partial charge in [-0.3, -0.25) is 0 Å². The quantitative estimate of drug-likeness (QED) is 0.535. The first kappa shape index (κ1) is 19.4. The van der Waals surface area contributed by atoms with E-state index in [9.17, 15) is 4.79 Å². The highest BCUT2D eigenvalue weighted by atomic mass is 16.5. The number of pyridine rings is 1. The number of amides is 2. The molecule has 1 aliphatic rings. The van der Waals surface area contributed by atoms with E-state index in [0.717, 1.165) is 47.2 Å². The van der Waals surface area contributed by atoms with Crippen LogP contribution < -0.4 is 5.32 Å². The number of ether oxygens (including phenoxy) is 1. The van der Waals surface area contributed by atoms with Crippen LogP contribution in [0.25, 0.3) is 16.6 Å². The van der Waals surface area contributed by atoms with Gasteiger partial charge < -0.3 is 15.0 Å². The number of nitrogens with one attached hydrogen (secondary N) is 1. The summed E-state index contributed by atoms with van der Waals surface area (Å²) in [5, 5.41) is 16.3. The molecule has 2 amide bonds. The van der Waals surface area contributed by atoms with Crippen molar-refractivity contribution in [2.24, 2.45) is 0 Å². The van der Waals surface area contributed by atoms with Gasteiger partial charge in [0.15, 0.2) is 5.65 Å². The fourth-order valence-electron chi connectivity index (χ4n) is 4.06. The number of hydrogen-bond donors (Lipinski definition) is 1. The topological polar surface area (TPSA) is 84.6 Å². The fourth-order valence-corrected chi connectivity index (χ4v) is 4.06. The van der Waals surface area contributed by atoms with E-state index in [4.69, 9.17) is 4.74 Å². The fraction of sp³-hybridized carbons (Fsp3) is 0.304. The van der Waals surface area contributed by atoms with Crippen molar-refractivity contribution in [1.82, 2.24) is 24.9 Å². The molecule has 31 heavy (non-hydrogen) atoms. The Morgan fingerprint density at radius 3 is 2.90 bits per heavy atom. The molecular formula is C23H24N6O2. The summed E-state index contributed by atoms with van der Waals surface area (Å²) >= 11 is 0. The smallest absolute Gasteiger partial charge is 0.322 e. The van der Waals surface area contributed by atoms with Crippen molar-refractivity contribution in [3.05, 3.63) is 65.7 Å². The number of para-hydroxylation sites is 1. The minimum Gasteiger partial charge on any atom is -0.376 e. The summed E-state index contributed by atoms with van der Waals surface area (Å²) in [4.78, 5) is 15.0. The van der Waals surface area contributed by atoms with E-state index < -0.39 is 0 Å². The Morgan fingerprint density at radius 1 is 1.23 bits per heavy atom. The van der Waals surface area contributed by atoms with Crippen molar-refractivity contribution < 1.29 is 9.53 Å². The van der Waals surface area contributed by atoms with Gasteiger partial charge in [-0.2, -0.15) is 4.52 Å². The molecule has 2 aromatic carbocycles. The van der Waals surface area contributed by atoms with Crippen LogP contribution in [0.1, 0.15) is 24.0 Å². The molecule has 0 bridgehead atoms. The van der Waals surface area contributed by atoms with Gasteiger partial charge in [0.05, 0.1) is 18.2 Å². The normalized spacial score (nSPS) is 16.1. The monoisotopic (exact) mass is 416 g/mol. The molecule has 4 aromatic rings. The minimum absolute atomic E-state index is 0.0386. The molecule has 3 heterocycles. The van der Waals surface area contributed by atoms with Gasteiger partial charge in [-0.1, -0.05) is 30.3 Å². The Kier molecular flexibility index (Phi) is 5.21. The predicted octanol–water partition coefficient (Wildman–Crippen LogP) is 3.80. The third kappa shape index (κ3) is 4.06. The first-order valence-corrected chi connectivity index (χ1v) is 10.5. The maximum atomic E-state index is 13.2. The average Bonchev–Trinajstić information content (AvgIpc) is 3.47. The largest absolute Gasteiger partial charge is 0.376 e. The number of rotatable bonds is 5. The van der Waals surface area contributed by atoms with E-state index in [1.807, 2.05) is 37.3 Å². The highest BCUT2D eigenvalue weighted by Gasteiger charge is 2.24. The van der Waals surface area contributed by atoms with Gasteiger partial charge in [0.25, 0.3) is 0 Å². The van der Waals surface area contributed by atoms with Crippen molar-refractivity contribution >= 4 is 28.3 Å². The second kappa shape index (κ2) is 8.31. The number of benzene rings is 2. The van der Waals surface area contributed by atoms with Crippen LogP contribution in [0.4, 0.5) is 10.5 Å². The average molecular weight is 416 g/mol. The van der Waals surface area contributed by atoms with Gasteiger partial charge >= 0.3 is 6.03 Å². The second-order valence-corrected chi connectivity index (χ2v) is 7.96. The number of urea groups is 1. The molecule has 0 aliphatic carbocycles. The van der Waals surface area contributed by atoms with Crippen LogP contribution in [0, 0.1) is 6.92 Å². The molecule has 0 radical (unpaired) electrons. The first-order valence-electron chi connectivity index (χ1n) is 10.5. The standard InChI is InChI=1S/C23H24N6O2/c1-16-9-10-17-13-18(22-25-26-27-29(22)21(17)12-16)14-28(15-20-8-5-11-31-20)23(30)24-19-6-3-2-4-7-19/h2-4,6-7,9-10,12-13,20H,5,8,11,14-15H2,1H3,(H,24,30). The first-order chi connectivity index (χ1) is 15.2. The van der Waals surface area contributed by atoms with Gasteiger partial charge in [0.2, 0.25) is 0 Å². The molecule has 8 heteroatoms. The molecule has 8 nitrogen and oxygen atoms in total. The molecule has 1 N–H and O–H groups in total. The van der Waals surface area contributed by atoms with Crippen molar-refractivity contribution in [2.45, 2.75) is 32.4 Å². The molecule has 5 rings (SSSR count). The molecule has 2 aromatic heterocycles. The zero-order chi connectivity index (χ0) is 21.2. The number of anilines is 1. The Hall–Kier alpha value is -3.52. The molecule has 1 saturated heterocycles. The summed E-state index contributed by atoms with van der Waals surface area (Å²) in [5.74, 6) is 0. The van der Waals surface area contributed by atoms with Crippen LogP contribution in [0.5, 0.6) is 0 Å². The third-order valence-electron chi connectivity index (χ3n) is 5.62. The van der Waals surface area contributed by atoms with Crippen molar-refractivity contribution in [3.63, 3.8) is 0 Å². The molecule has 158 valence electrons. The van der Waals surface area contributed by atoms with Crippen LogP contribution >= 0.6 is 0 Å². The van der Waals surface area contributed by atoms with Crippen LogP contribution in [0.2, 0.25) is 0 Å². The minimum atomic E-state index is -0.170. The highest BCUT2D eigenvalue weighted by Crippen LogP contribution is 2.23. The number of fused-ring (bicyclic) bond motifs is 3. The number of aromatic nitrogens is 4. The predicted molar refractivity (Wildman–Crippen MR) is 118 cm³/mol. The lowest BCUT2D eigenvalue weighted by atomic mass is 10.1. The molecule has 1 unspecified atom stereocenters. The van der Waals surface area contributed by atoms with E-state index >= 15 is 0 Å². The summed E-state index contributed by atoms with van der Waals surface area (Å²) in [5.41, 5.74) is 4.39. The Morgan fingerprint density at radius 2 is 2.10 bits per heavy atom. The Labute approximate surface area is 179 Å². The third-order valence-corrected chi connectivity index (χ3v) is 5.62. The maximum absolute atomic E-state index is 13.2. The van der Waals surface area contributed by atoms with E-state index in [1.165, 1.54) is 0 Å².